The van der Waals surface area contributed by atoms with Crippen LogP contribution in [-0.2, 0) is 0 Å². The number of nitrogens with zero attached hydrogens (tertiary/aromatic N) is 2. The highest BCUT2D eigenvalue weighted by Gasteiger charge is 2.17. The number of aromatic nitrogens is 2. The van der Waals surface area contributed by atoms with E-state index in [0.29, 0.717) is 5.82 Å². The van der Waals surface area contributed by atoms with Gasteiger partial charge >= 0.3 is 0 Å². The molecule has 17 heavy (non-hydrogen) atoms. The molecule has 0 saturated heterocycles. The van der Waals surface area contributed by atoms with Crippen molar-refractivity contribution in [3.63, 3.8) is 0 Å². The molecule has 0 atom stereocenters. The Hall–Kier alpha value is -0.390. The zero-order valence-corrected chi connectivity index (χ0v) is 12.3. The third-order valence-corrected chi connectivity index (χ3v) is 3.22. The van der Waals surface area contributed by atoms with Crippen molar-refractivity contribution in [3.05, 3.63) is 16.0 Å². The van der Waals surface area contributed by atoms with E-state index in [1.807, 2.05) is 0 Å². The third kappa shape index (κ3) is 5.19. The second kappa shape index (κ2) is 6.52. The monoisotopic (exact) mass is 321 g/mol. The van der Waals surface area contributed by atoms with Crippen molar-refractivity contribution in [1.82, 2.24) is 9.97 Å². The van der Waals surface area contributed by atoms with Crippen LogP contribution in [0.2, 0.25) is 5.28 Å². The summed E-state index contributed by atoms with van der Waals surface area (Å²) in [5.41, 5.74) is 0.0968. The molecular weight excluding hydrogens is 305 g/mol. The summed E-state index contributed by atoms with van der Waals surface area (Å²) in [5.74, 6) is 0.696. The maximum absolute atomic E-state index is 8.83. The first-order valence-corrected chi connectivity index (χ1v) is 6.64. The van der Waals surface area contributed by atoms with Gasteiger partial charge in [0.15, 0.2) is 0 Å². The Labute approximate surface area is 115 Å². The topological polar surface area (TPSA) is 58.0 Å². The summed E-state index contributed by atoms with van der Waals surface area (Å²) in [6, 6.07) is 0. The molecule has 0 unspecified atom stereocenters. The van der Waals surface area contributed by atoms with Crippen LogP contribution in [0.25, 0.3) is 0 Å². The largest absolute Gasteiger partial charge is 0.396 e. The molecule has 1 rings (SSSR count). The van der Waals surface area contributed by atoms with Crippen LogP contribution >= 0.6 is 27.5 Å². The molecule has 96 valence electrons. The molecule has 1 aromatic rings. The second-order valence-electron chi connectivity index (χ2n) is 4.68. The van der Waals surface area contributed by atoms with E-state index < -0.39 is 0 Å². The van der Waals surface area contributed by atoms with Crippen LogP contribution in [0, 0.1) is 5.41 Å². The molecule has 1 aromatic heterocycles. The number of aliphatic hydroxyl groups excluding tert-OH is 1. The van der Waals surface area contributed by atoms with E-state index in [2.05, 4.69) is 45.1 Å². The lowest BCUT2D eigenvalue weighted by Gasteiger charge is -2.25. The quantitative estimate of drug-likeness (QED) is 0.790. The van der Waals surface area contributed by atoms with E-state index in [-0.39, 0.29) is 17.3 Å². The molecular formula is C11H17BrClN3O. The number of halogens is 2. The molecule has 0 bridgehead atoms. The molecule has 6 heteroatoms. The standard InChI is InChI=1S/C11H17BrClN3O/c1-11(2,4-3-5-17)7-15-9-8(12)6-14-10(13)16-9/h6,17H,3-5,7H2,1-2H3,(H,14,15,16). The van der Waals surface area contributed by atoms with Crippen molar-refractivity contribution in [2.75, 3.05) is 18.5 Å². The van der Waals surface area contributed by atoms with Crippen molar-refractivity contribution < 1.29 is 5.11 Å². The van der Waals surface area contributed by atoms with E-state index in [9.17, 15) is 0 Å². The molecule has 0 aromatic carbocycles. The Kier molecular flexibility index (Phi) is 5.62. The molecule has 0 aliphatic heterocycles. The van der Waals surface area contributed by atoms with Crippen molar-refractivity contribution in [1.29, 1.82) is 0 Å². The molecule has 4 nitrogen and oxygen atoms in total. The van der Waals surface area contributed by atoms with Crippen molar-refractivity contribution in [2.45, 2.75) is 26.7 Å². The number of hydrogen-bond donors (Lipinski definition) is 2. The maximum atomic E-state index is 8.83. The highest BCUT2D eigenvalue weighted by atomic mass is 79.9. The average Bonchev–Trinajstić information content (AvgIpc) is 2.28. The Morgan fingerprint density at radius 1 is 1.53 bits per heavy atom. The highest BCUT2D eigenvalue weighted by Crippen LogP contribution is 2.25. The number of aliphatic hydroxyl groups is 1. The predicted octanol–water partition coefficient (Wildman–Crippen LogP) is 3.10. The molecule has 0 saturated carbocycles. The first-order valence-electron chi connectivity index (χ1n) is 5.47. The smallest absolute Gasteiger partial charge is 0.224 e. The van der Waals surface area contributed by atoms with Gasteiger partial charge in [-0.2, -0.15) is 4.98 Å². The maximum Gasteiger partial charge on any atom is 0.224 e. The Balaban J connectivity index is 2.57. The Bertz CT molecular complexity index is 374. The molecule has 1 heterocycles. The fourth-order valence-corrected chi connectivity index (χ4v) is 1.90. The fraction of sp³-hybridized carbons (Fsp3) is 0.636. The lowest BCUT2D eigenvalue weighted by molar-refractivity contribution is 0.248. The van der Waals surface area contributed by atoms with E-state index in [1.54, 1.807) is 6.20 Å². The van der Waals surface area contributed by atoms with Gasteiger partial charge in [-0.1, -0.05) is 13.8 Å². The van der Waals surface area contributed by atoms with Crippen LogP contribution in [0.1, 0.15) is 26.7 Å². The van der Waals surface area contributed by atoms with E-state index >= 15 is 0 Å². The second-order valence-corrected chi connectivity index (χ2v) is 5.87. The molecule has 0 amide bonds. The predicted molar refractivity (Wildman–Crippen MR) is 73.3 cm³/mol. The molecule has 0 spiro atoms. The van der Waals surface area contributed by atoms with Gasteiger partial charge < -0.3 is 10.4 Å². The van der Waals surface area contributed by atoms with Crippen molar-refractivity contribution in [2.24, 2.45) is 5.41 Å². The summed E-state index contributed by atoms with van der Waals surface area (Å²) < 4.78 is 0.792. The Morgan fingerprint density at radius 3 is 2.88 bits per heavy atom. The summed E-state index contributed by atoms with van der Waals surface area (Å²) in [4.78, 5) is 7.97. The summed E-state index contributed by atoms with van der Waals surface area (Å²) in [7, 11) is 0. The van der Waals surface area contributed by atoms with Crippen LogP contribution in [0.4, 0.5) is 5.82 Å². The van der Waals surface area contributed by atoms with Crippen molar-refractivity contribution in [3.8, 4) is 0 Å². The van der Waals surface area contributed by atoms with E-state index in [1.165, 1.54) is 0 Å². The van der Waals surface area contributed by atoms with Crippen LogP contribution < -0.4 is 5.32 Å². The summed E-state index contributed by atoms with van der Waals surface area (Å²) in [5, 5.41) is 12.3. The van der Waals surface area contributed by atoms with Crippen LogP contribution in [0.15, 0.2) is 10.7 Å². The van der Waals surface area contributed by atoms with Gasteiger partial charge in [-0.25, -0.2) is 4.98 Å². The van der Waals surface area contributed by atoms with Gasteiger partial charge in [-0.05, 0) is 45.8 Å². The number of hydrogen-bond acceptors (Lipinski definition) is 4. The lowest BCUT2D eigenvalue weighted by atomic mass is 9.88. The van der Waals surface area contributed by atoms with Gasteiger partial charge in [-0.15, -0.1) is 0 Å². The zero-order chi connectivity index (χ0) is 12.9. The van der Waals surface area contributed by atoms with E-state index in [4.69, 9.17) is 16.7 Å². The minimum Gasteiger partial charge on any atom is -0.396 e. The third-order valence-electron chi connectivity index (χ3n) is 2.46. The van der Waals surface area contributed by atoms with Gasteiger partial charge in [0.25, 0.3) is 0 Å². The van der Waals surface area contributed by atoms with Gasteiger partial charge in [0.2, 0.25) is 5.28 Å². The first-order chi connectivity index (χ1) is 7.94. The van der Waals surface area contributed by atoms with Crippen LogP contribution in [0.3, 0.4) is 0 Å². The first kappa shape index (κ1) is 14.7. The molecule has 0 fully saturated rings. The van der Waals surface area contributed by atoms with Gasteiger partial charge in [-0.3, -0.25) is 0 Å². The van der Waals surface area contributed by atoms with Gasteiger partial charge in [0, 0.05) is 19.3 Å². The molecule has 2 N–H and O–H groups in total. The van der Waals surface area contributed by atoms with Crippen LogP contribution in [-0.4, -0.2) is 28.2 Å². The normalized spacial score (nSPS) is 11.6. The minimum atomic E-state index is 0.0968. The zero-order valence-electron chi connectivity index (χ0n) is 10.0. The molecule has 0 radical (unpaired) electrons. The number of anilines is 1. The summed E-state index contributed by atoms with van der Waals surface area (Å²) >= 11 is 9.10. The van der Waals surface area contributed by atoms with Crippen LogP contribution in [0.5, 0.6) is 0 Å². The fourth-order valence-electron chi connectivity index (χ4n) is 1.44. The van der Waals surface area contributed by atoms with Crippen molar-refractivity contribution >= 4 is 33.3 Å². The minimum absolute atomic E-state index is 0.0968. The highest BCUT2D eigenvalue weighted by molar-refractivity contribution is 9.10. The molecule has 0 aliphatic carbocycles. The van der Waals surface area contributed by atoms with Gasteiger partial charge in [0.05, 0.1) is 4.47 Å². The average molecular weight is 323 g/mol. The van der Waals surface area contributed by atoms with E-state index in [0.717, 1.165) is 23.9 Å². The number of rotatable bonds is 6. The Morgan fingerprint density at radius 2 is 2.24 bits per heavy atom. The van der Waals surface area contributed by atoms with Gasteiger partial charge in [0.1, 0.15) is 5.82 Å². The molecule has 0 aliphatic rings. The summed E-state index contributed by atoms with van der Waals surface area (Å²) in [6.07, 6.45) is 3.38. The lowest BCUT2D eigenvalue weighted by Crippen LogP contribution is -2.24. The number of nitrogens with one attached hydrogen (secondary N) is 1. The summed E-state index contributed by atoms with van der Waals surface area (Å²) in [6.45, 7) is 5.28. The SMILES string of the molecule is CC(C)(CCCO)CNc1nc(Cl)ncc1Br.